The Labute approximate surface area is 145 Å². The van der Waals surface area contributed by atoms with Crippen LogP contribution in [0, 0.1) is 32.1 Å². The molecule has 7 nitrogen and oxygen atoms in total. The number of carbonyl (C=O) groups is 1. The van der Waals surface area contributed by atoms with Crippen LogP contribution in [0.4, 0.5) is 5.69 Å². The maximum Gasteiger partial charge on any atom is 0.255 e. The largest absolute Gasteiger partial charge is 0.319 e. The van der Waals surface area contributed by atoms with E-state index in [4.69, 9.17) is 5.26 Å². The van der Waals surface area contributed by atoms with Gasteiger partial charge in [-0.15, -0.1) is 0 Å². The molecule has 2 heterocycles. The Morgan fingerprint density at radius 2 is 1.92 bits per heavy atom. The summed E-state index contributed by atoms with van der Waals surface area (Å²) in [5.74, 6) is 0.986. The molecule has 0 aliphatic carbocycles. The van der Waals surface area contributed by atoms with E-state index in [9.17, 15) is 4.79 Å². The van der Waals surface area contributed by atoms with Crippen molar-refractivity contribution in [3.8, 4) is 12.0 Å². The van der Waals surface area contributed by atoms with Crippen molar-refractivity contribution >= 4 is 11.6 Å². The fraction of sp³-hybridized carbons (Fsp3) is 0.167. The van der Waals surface area contributed by atoms with E-state index in [2.05, 4.69) is 20.3 Å². The van der Waals surface area contributed by atoms with E-state index in [-0.39, 0.29) is 5.91 Å². The molecule has 124 valence electrons. The van der Waals surface area contributed by atoms with Crippen molar-refractivity contribution in [3.63, 3.8) is 0 Å². The lowest BCUT2D eigenvalue weighted by Crippen LogP contribution is -2.13. The molecule has 0 bridgehead atoms. The minimum Gasteiger partial charge on any atom is -0.319 e. The molecule has 1 N–H and O–H groups in total. The molecule has 0 unspecified atom stereocenters. The average molecular weight is 332 g/mol. The molecule has 0 saturated heterocycles. The van der Waals surface area contributed by atoms with E-state index < -0.39 is 0 Å². The second-order valence-electron chi connectivity index (χ2n) is 5.58. The SMILES string of the molecule is Cc1nc(C)n(-c2ncc(NC(=O)c3cccc(C#N)c3)cn2)c1C. The number of amides is 1. The maximum absolute atomic E-state index is 12.3. The van der Waals surface area contributed by atoms with E-state index in [1.54, 1.807) is 30.6 Å². The third-order valence-corrected chi connectivity index (χ3v) is 3.86. The predicted molar refractivity (Wildman–Crippen MR) is 92.5 cm³/mol. The Bertz CT molecular complexity index is 982. The van der Waals surface area contributed by atoms with Crippen LogP contribution in [-0.4, -0.2) is 25.4 Å². The van der Waals surface area contributed by atoms with Crippen molar-refractivity contribution in [2.75, 3.05) is 5.32 Å². The van der Waals surface area contributed by atoms with Crippen molar-refractivity contribution in [3.05, 3.63) is 65.0 Å². The predicted octanol–water partition coefficient (Wildman–Crippen LogP) is 2.71. The number of rotatable bonds is 3. The molecule has 25 heavy (non-hydrogen) atoms. The van der Waals surface area contributed by atoms with Gasteiger partial charge >= 0.3 is 0 Å². The number of hydrogen-bond acceptors (Lipinski definition) is 5. The van der Waals surface area contributed by atoms with E-state index in [1.807, 2.05) is 31.4 Å². The highest BCUT2D eigenvalue weighted by Crippen LogP contribution is 2.15. The quantitative estimate of drug-likeness (QED) is 0.795. The molecule has 0 spiro atoms. The molecule has 0 aliphatic rings. The normalized spacial score (nSPS) is 10.3. The van der Waals surface area contributed by atoms with Crippen LogP contribution in [0.2, 0.25) is 0 Å². The fourth-order valence-electron chi connectivity index (χ4n) is 2.51. The molecule has 1 amide bonds. The number of anilines is 1. The van der Waals surface area contributed by atoms with Gasteiger partial charge in [0.25, 0.3) is 5.91 Å². The third kappa shape index (κ3) is 3.23. The summed E-state index contributed by atoms with van der Waals surface area (Å²) in [5, 5.41) is 11.6. The Hall–Kier alpha value is -3.53. The van der Waals surface area contributed by atoms with Crippen LogP contribution in [-0.2, 0) is 0 Å². The van der Waals surface area contributed by atoms with Crippen molar-refractivity contribution in [2.24, 2.45) is 0 Å². The van der Waals surface area contributed by atoms with E-state index in [1.165, 1.54) is 6.07 Å². The second kappa shape index (κ2) is 6.53. The van der Waals surface area contributed by atoms with Crippen LogP contribution in [0.3, 0.4) is 0 Å². The highest BCUT2D eigenvalue weighted by molar-refractivity contribution is 6.04. The second-order valence-corrected chi connectivity index (χ2v) is 5.58. The summed E-state index contributed by atoms with van der Waals surface area (Å²) >= 11 is 0. The summed E-state index contributed by atoms with van der Waals surface area (Å²) < 4.78 is 1.86. The topological polar surface area (TPSA) is 96.5 Å². The van der Waals surface area contributed by atoms with Gasteiger partial charge in [-0.05, 0) is 39.0 Å². The van der Waals surface area contributed by atoms with Gasteiger partial charge < -0.3 is 5.32 Å². The molecule has 1 aromatic carbocycles. The van der Waals surface area contributed by atoms with Crippen LogP contribution in [0.15, 0.2) is 36.7 Å². The first-order chi connectivity index (χ1) is 12.0. The summed E-state index contributed by atoms with van der Waals surface area (Å²) in [6, 6.07) is 8.50. The number of aryl methyl sites for hydroxylation is 2. The molecular weight excluding hydrogens is 316 g/mol. The molecule has 7 heteroatoms. The first-order valence-electron chi connectivity index (χ1n) is 7.66. The number of nitrogens with zero attached hydrogens (tertiary/aromatic N) is 5. The number of benzene rings is 1. The van der Waals surface area contributed by atoms with Gasteiger partial charge in [0, 0.05) is 11.3 Å². The minimum absolute atomic E-state index is 0.320. The highest BCUT2D eigenvalue weighted by Gasteiger charge is 2.12. The number of aromatic nitrogens is 4. The molecule has 0 saturated carbocycles. The molecule has 2 aromatic heterocycles. The molecule has 0 atom stereocenters. The Balaban J connectivity index is 1.81. The first kappa shape index (κ1) is 16.3. The van der Waals surface area contributed by atoms with E-state index in [0.29, 0.717) is 22.8 Å². The summed E-state index contributed by atoms with van der Waals surface area (Å²) in [7, 11) is 0. The van der Waals surface area contributed by atoms with Gasteiger partial charge in [-0.25, -0.2) is 15.0 Å². The molecule has 0 fully saturated rings. The van der Waals surface area contributed by atoms with Gasteiger partial charge in [0.1, 0.15) is 5.82 Å². The van der Waals surface area contributed by atoms with Crippen molar-refractivity contribution in [2.45, 2.75) is 20.8 Å². The van der Waals surface area contributed by atoms with Gasteiger partial charge in [0.05, 0.1) is 35.4 Å². The van der Waals surface area contributed by atoms with Gasteiger partial charge in [-0.1, -0.05) is 6.07 Å². The summed E-state index contributed by atoms with van der Waals surface area (Å²) in [4.78, 5) is 25.3. The van der Waals surface area contributed by atoms with Gasteiger partial charge in [-0.3, -0.25) is 9.36 Å². The Kier molecular flexibility index (Phi) is 4.27. The van der Waals surface area contributed by atoms with Crippen molar-refractivity contribution < 1.29 is 4.79 Å². The van der Waals surface area contributed by atoms with E-state index in [0.717, 1.165) is 17.2 Å². The van der Waals surface area contributed by atoms with Crippen molar-refractivity contribution in [1.82, 2.24) is 19.5 Å². The van der Waals surface area contributed by atoms with Gasteiger partial charge in [0.15, 0.2) is 0 Å². The number of imidazole rings is 1. The Morgan fingerprint density at radius 1 is 1.20 bits per heavy atom. The summed E-state index contributed by atoms with van der Waals surface area (Å²) in [6.45, 7) is 5.78. The van der Waals surface area contributed by atoms with Crippen LogP contribution >= 0.6 is 0 Å². The molecule has 3 rings (SSSR count). The molecular formula is C18H16N6O. The zero-order valence-electron chi connectivity index (χ0n) is 14.1. The Morgan fingerprint density at radius 3 is 2.52 bits per heavy atom. The number of nitriles is 1. The third-order valence-electron chi connectivity index (χ3n) is 3.86. The van der Waals surface area contributed by atoms with E-state index >= 15 is 0 Å². The smallest absolute Gasteiger partial charge is 0.255 e. The van der Waals surface area contributed by atoms with Crippen LogP contribution in [0.5, 0.6) is 0 Å². The average Bonchev–Trinajstić information content (AvgIpc) is 2.88. The molecule has 0 aliphatic heterocycles. The first-order valence-corrected chi connectivity index (χ1v) is 7.66. The fourth-order valence-corrected chi connectivity index (χ4v) is 2.51. The lowest BCUT2D eigenvalue weighted by atomic mass is 10.1. The van der Waals surface area contributed by atoms with Crippen LogP contribution in [0.1, 0.15) is 33.1 Å². The lowest BCUT2D eigenvalue weighted by molar-refractivity contribution is 0.102. The van der Waals surface area contributed by atoms with Crippen LogP contribution < -0.4 is 5.32 Å². The van der Waals surface area contributed by atoms with Crippen LogP contribution in [0.25, 0.3) is 5.95 Å². The minimum atomic E-state index is -0.320. The summed E-state index contributed by atoms with van der Waals surface area (Å²) in [5.41, 5.74) is 3.21. The highest BCUT2D eigenvalue weighted by atomic mass is 16.1. The zero-order valence-corrected chi connectivity index (χ0v) is 14.1. The molecule has 0 radical (unpaired) electrons. The lowest BCUT2D eigenvalue weighted by Gasteiger charge is -2.08. The zero-order chi connectivity index (χ0) is 18.0. The number of carbonyl (C=O) groups excluding carboxylic acids is 1. The summed E-state index contributed by atoms with van der Waals surface area (Å²) in [6.07, 6.45) is 3.09. The number of nitrogens with one attached hydrogen (secondary N) is 1. The van der Waals surface area contributed by atoms with Crippen molar-refractivity contribution in [1.29, 1.82) is 5.26 Å². The van der Waals surface area contributed by atoms with Gasteiger partial charge in [-0.2, -0.15) is 5.26 Å². The monoisotopic (exact) mass is 332 g/mol. The standard InChI is InChI=1S/C18H16N6O/c1-11-12(2)24(13(3)22-11)18-20-9-16(10-21-18)23-17(25)15-6-4-5-14(7-15)8-19/h4-7,9-10H,1-3H3,(H,23,25). The molecule has 3 aromatic rings. The maximum atomic E-state index is 12.3. The number of hydrogen-bond donors (Lipinski definition) is 1. The van der Waals surface area contributed by atoms with Gasteiger partial charge in [0.2, 0.25) is 5.95 Å².